The first-order chi connectivity index (χ1) is 10.0. The van der Waals surface area contributed by atoms with Crippen molar-refractivity contribution in [2.45, 2.75) is 19.4 Å². The zero-order chi connectivity index (χ0) is 15.0. The molecule has 5 nitrogen and oxygen atoms in total. The molecule has 2 N–H and O–H groups in total. The van der Waals surface area contributed by atoms with Crippen LogP contribution in [0.2, 0.25) is 0 Å². The highest BCUT2D eigenvalue weighted by atomic mass is 79.9. The summed E-state index contributed by atoms with van der Waals surface area (Å²) in [4.78, 5) is 1.41. The van der Waals surface area contributed by atoms with E-state index in [2.05, 4.69) is 26.1 Å². The SMILES string of the molecule is CC(O)Cc1ccc(O)c(-n2nc3ccc(Br)cc3n2)c1. The first kappa shape index (κ1) is 14.0. The molecule has 6 heteroatoms. The molecule has 0 saturated heterocycles. The van der Waals surface area contributed by atoms with Crippen LogP contribution in [-0.4, -0.2) is 31.3 Å². The minimum atomic E-state index is -0.442. The normalized spacial score (nSPS) is 12.7. The van der Waals surface area contributed by atoms with Gasteiger partial charge in [0.25, 0.3) is 0 Å². The lowest BCUT2D eigenvalue weighted by Gasteiger charge is -2.08. The molecule has 0 fully saturated rings. The largest absolute Gasteiger partial charge is 0.506 e. The zero-order valence-electron chi connectivity index (χ0n) is 11.4. The second-order valence-electron chi connectivity index (χ2n) is 5.00. The first-order valence-electron chi connectivity index (χ1n) is 6.56. The Labute approximate surface area is 130 Å². The predicted molar refractivity (Wildman–Crippen MR) is 83.6 cm³/mol. The van der Waals surface area contributed by atoms with Gasteiger partial charge in [-0.25, -0.2) is 0 Å². The maximum atomic E-state index is 10.0. The summed E-state index contributed by atoms with van der Waals surface area (Å²) in [5.41, 5.74) is 2.91. The third-order valence-electron chi connectivity index (χ3n) is 3.13. The molecule has 108 valence electrons. The van der Waals surface area contributed by atoms with E-state index in [1.807, 2.05) is 18.2 Å². The molecule has 0 saturated carbocycles. The van der Waals surface area contributed by atoms with Gasteiger partial charge < -0.3 is 10.2 Å². The van der Waals surface area contributed by atoms with Gasteiger partial charge in [0.05, 0.1) is 6.10 Å². The number of phenolic OH excluding ortho intramolecular Hbond substituents is 1. The second kappa shape index (κ2) is 5.46. The Morgan fingerprint density at radius 2 is 1.90 bits per heavy atom. The molecule has 0 amide bonds. The number of nitrogens with zero attached hydrogens (tertiary/aromatic N) is 3. The first-order valence-corrected chi connectivity index (χ1v) is 7.35. The van der Waals surface area contributed by atoms with E-state index in [0.717, 1.165) is 21.1 Å². The lowest BCUT2D eigenvalue weighted by atomic mass is 10.1. The van der Waals surface area contributed by atoms with Crippen LogP contribution >= 0.6 is 15.9 Å². The van der Waals surface area contributed by atoms with Crippen LogP contribution in [0, 0.1) is 0 Å². The third-order valence-corrected chi connectivity index (χ3v) is 3.62. The van der Waals surface area contributed by atoms with Crippen molar-refractivity contribution in [3.8, 4) is 11.4 Å². The average Bonchev–Trinajstić information content (AvgIpc) is 2.83. The van der Waals surface area contributed by atoms with Crippen molar-refractivity contribution < 1.29 is 10.2 Å². The van der Waals surface area contributed by atoms with Gasteiger partial charge >= 0.3 is 0 Å². The van der Waals surface area contributed by atoms with Gasteiger partial charge in [-0.1, -0.05) is 22.0 Å². The number of rotatable bonds is 3. The van der Waals surface area contributed by atoms with Gasteiger partial charge in [0.1, 0.15) is 22.5 Å². The summed E-state index contributed by atoms with van der Waals surface area (Å²) < 4.78 is 0.925. The van der Waals surface area contributed by atoms with Crippen molar-refractivity contribution in [3.63, 3.8) is 0 Å². The maximum absolute atomic E-state index is 10.0. The molecule has 0 radical (unpaired) electrons. The Kier molecular flexibility index (Phi) is 3.65. The highest BCUT2D eigenvalue weighted by Gasteiger charge is 2.11. The Morgan fingerprint density at radius 3 is 2.67 bits per heavy atom. The predicted octanol–water partition coefficient (Wildman–Crippen LogP) is 2.81. The van der Waals surface area contributed by atoms with E-state index in [1.54, 1.807) is 25.1 Å². The number of halogens is 1. The number of fused-ring (bicyclic) bond motifs is 1. The van der Waals surface area contributed by atoms with Crippen molar-refractivity contribution in [1.29, 1.82) is 0 Å². The Balaban J connectivity index is 2.08. The fourth-order valence-corrected chi connectivity index (χ4v) is 2.54. The number of hydrogen-bond acceptors (Lipinski definition) is 4. The number of aromatic nitrogens is 3. The molecule has 0 aliphatic carbocycles. The van der Waals surface area contributed by atoms with Gasteiger partial charge in [-0.15, -0.1) is 15.0 Å². The molecule has 3 aromatic rings. The second-order valence-corrected chi connectivity index (χ2v) is 5.91. The molecular formula is C15H14BrN3O2. The number of hydrogen-bond donors (Lipinski definition) is 2. The fraction of sp³-hybridized carbons (Fsp3) is 0.200. The quantitative estimate of drug-likeness (QED) is 0.764. The third kappa shape index (κ3) is 2.91. The standard InChI is InChI=1S/C15H14BrN3O2/c1-9(20)6-10-2-5-15(21)14(7-10)19-17-12-4-3-11(16)8-13(12)18-19/h2-5,7-9,20-21H,6H2,1H3. The van der Waals surface area contributed by atoms with Crippen molar-refractivity contribution in [1.82, 2.24) is 15.0 Å². The molecular weight excluding hydrogens is 334 g/mol. The Morgan fingerprint density at radius 1 is 1.14 bits per heavy atom. The maximum Gasteiger partial charge on any atom is 0.143 e. The molecule has 2 aromatic carbocycles. The van der Waals surface area contributed by atoms with Gasteiger partial charge in [-0.2, -0.15) is 0 Å². The Hall–Kier alpha value is -1.92. The lowest BCUT2D eigenvalue weighted by Crippen LogP contribution is -2.06. The summed E-state index contributed by atoms with van der Waals surface area (Å²) in [6.45, 7) is 1.73. The molecule has 21 heavy (non-hydrogen) atoms. The van der Waals surface area contributed by atoms with E-state index in [9.17, 15) is 10.2 Å². The van der Waals surface area contributed by atoms with E-state index in [4.69, 9.17) is 0 Å². The molecule has 1 unspecified atom stereocenters. The van der Waals surface area contributed by atoms with Crippen LogP contribution in [-0.2, 0) is 6.42 Å². The lowest BCUT2D eigenvalue weighted by molar-refractivity contribution is 0.195. The minimum Gasteiger partial charge on any atom is -0.506 e. The molecule has 1 heterocycles. The van der Waals surface area contributed by atoms with E-state index in [0.29, 0.717) is 12.1 Å². The monoisotopic (exact) mass is 347 g/mol. The minimum absolute atomic E-state index is 0.101. The number of aliphatic hydroxyl groups excluding tert-OH is 1. The van der Waals surface area contributed by atoms with Crippen LogP contribution < -0.4 is 0 Å². The van der Waals surface area contributed by atoms with E-state index in [1.165, 1.54) is 4.80 Å². The summed E-state index contributed by atoms with van der Waals surface area (Å²) in [5.74, 6) is 0.101. The van der Waals surface area contributed by atoms with E-state index >= 15 is 0 Å². The van der Waals surface area contributed by atoms with Crippen molar-refractivity contribution in [2.75, 3.05) is 0 Å². The Bertz CT molecular complexity index is 799. The topological polar surface area (TPSA) is 71.2 Å². The van der Waals surface area contributed by atoms with Crippen LogP contribution in [0.5, 0.6) is 5.75 Å². The molecule has 1 atom stereocenters. The summed E-state index contributed by atoms with van der Waals surface area (Å²) in [6.07, 6.45) is 0.0718. The van der Waals surface area contributed by atoms with Gasteiger partial charge in [-0.05, 0) is 49.2 Å². The van der Waals surface area contributed by atoms with Crippen molar-refractivity contribution in [2.24, 2.45) is 0 Å². The molecule has 0 bridgehead atoms. The molecule has 0 aliphatic rings. The van der Waals surface area contributed by atoms with Crippen molar-refractivity contribution in [3.05, 3.63) is 46.4 Å². The van der Waals surface area contributed by atoms with Crippen LogP contribution in [0.3, 0.4) is 0 Å². The summed E-state index contributed by atoms with van der Waals surface area (Å²) in [6, 6.07) is 10.8. The van der Waals surface area contributed by atoms with Crippen LogP contribution in [0.25, 0.3) is 16.7 Å². The van der Waals surface area contributed by atoms with Gasteiger partial charge in [-0.3, -0.25) is 0 Å². The van der Waals surface area contributed by atoms with Crippen LogP contribution in [0.1, 0.15) is 12.5 Å². The zero-order valence-corrected chi connectivity index (χ0v) is 12.9. The number of aromatic hydroxyl groups is 1. The number of aliphatic hydroxyl groups is 1. The number of phenols is 1. The summed E-state index contributed by atoms with van der Waals surface area (Å²) in [7, 11) is 0. The molecule has 1 aromatic heterocycles. The van der Waals surface area contributed by atoms with Crippen LogP contribution in [0.15, 0.2) is 40.9 Å². The highest BCUT2D eigenvalue weighted by Crippen LogP contribution is 2.24. The molecule has 3 rings (SSSR count). The van der Waals surface area contributed by atoms with Crippen molar-refractivity contribution >= 4 is 27.0 Å². The van der Waals surface area contributed by atoms with Gasteiger partial charge in [0, 0.05) is 4.47 Å². The highest BCUT2D eigenvalue weighted by molar-refractivity contribution is 9.10. The summed E-state index contributed by atoms with van der Waals surface area (Å²) in [5, 5.41) is 28.3. The van der Waals surface area contributed by atoms with E-state index < -0.39 is 6.10 Å². The number of benzene rings is 2. The van der Waals surface area contributed by atoms with E-state index in [-0.39, 0.29) is 5.75 Å². The molecule has 0 spiro atoms. The molecule has 0 aliphatic heterocycles. The smallest absolute Gasteiger partial charge is 0.143 e. The summed E-state index contributed by atoms with van der Waals surface area (Å²) >= 11 is 3.40. The van der Waals surface area contributed by atoms with Crippen LogP contribution in [0.4, 0.5) is 0 Å². The van der Waals surface area contributed by atoms with Gasteiger partial charge in [0.15, 0.2) is 0 Å². The van der Waals surface area contributed by atoms with Gasteiger partial charge in [0.2, 0.25) is 0 Å². The average molecular weight is 348 g/mol. The fourth-order valence-electron chi connectivity index (χ4n) is 2.19.